The molecular formula is C14H19N5O2. The Morgan fingerprint density at radius 3 is 3.19 bits per heavy atom. The van der Waals surface area contributed by atoms with Gasteiger partial charge in [-0.25, -0.2) is 4.98 Å². The van der Waals surface area contributed by atoms with E-state index in [-0.39, 0.29) is 17.9 Å². The van der Waals surface area contributed by atoms with Gasteiger partial charge < -0.3 is 14.6 Å². The Morgan fingerprint density at radius 1 is 1.62 bits per heavy atom. The first kappa shape index (κ1) is 13.8. The molecule has 21 heavy (non-hydrogen) atoms. The summed E-state index contributed by atoms with van der Waals surface area (Å²) in [6, 6.07) is 1.80. The van der Waals surface area contributed by atoms with Crippen molar-refractivity contribution in [2.24, 2.45) is 5.92 Å². The van der Waals surface area contributed by atoms with E-state index in [1.165, 1.54) is 0 Å². The van der Waals surface area contributed by atoms with Gasteiger partial charge in [-0.2, -0.15) is 5.10 Å². The van der Waals surface area contributed by atoms with Crippen LogP contribution < -0.4 is 5.32 Å². The number of aryl methyl sites for hydroxylation is 2. The molecule has 1 aliphatic heterocycles. The highest BCUT2D eigenvalue weighted by molar-refractivity contribution is 5.92. The highest BCUT2D eigenvalue weighted by Crippen LogP contribution is 2.34. The lowest BCUT2D eigenvalue weighted by Gasteiger charge is -2.18. The maximum Gasteiger partial charge on any atom is 0.231 e. The summed E-state index contributed by atoms with van der Waals surface area (Å²) in [5, 5.41) is 9.67. The van der Waals surface area contributed by atoms with Gasteiger partial charge in [-0.15, -0.1) is 0 Å². The van der Waals surface area contributed by atoms with E-state index < -0.39 is 0 Å². The maximum absolute atomic E-state index is 12.4. The summed E-state index contributed by atoms with van der Waals surface area (Å²) in [7, 11) is 0. The van der Waals surface area contributed by atoms with Crippen molar-refractivity contribution >= 4 is 11.7 Å². The van der Waals surface area contributed by atoms with Crippen LogP contribution in [0.2, 0.25) is 0 Å². The predicted octanol–water partition coefficient (Wildman–Crippen LogP) is 1.65. The number of amides is 1. The minimum absolute atomic E-state index is 0.0744. The molecule has 1 aliphatic rings. The molecule has 0 radical (unpaired) electrons. The molecule has 0 unspecified atom stereocenters. The number of nitrogens with zero attached hydrogens (tertiary/aromatic N) is 3. The van der Waals surface area contributed by atoms with E-state index in [2.05, 4.69) is 20.5 Å². The molecule has 0 bridgehead atoms. The van der Waals surface area contributed by atoms with Crippen LogP contribution in [0.25, 0.3) is 0 Å². The Kier molecular flexibility index (Phi) is 3.74. The van der Waals surface area contributed by atoms with Crippen LogP contribution in [0, 0.1) is 12.8 Å². The standard InChI is InChI=1S/C14H19N5O2/c1-3-19-6-5-15-13(19)12-10(4-7-21-12)14(20)16-11-8-9(2)17-18-11/h5-6,8,10,12H,3-4,7H2,1-2H3,(H2,16,17,18,20)/t10-,12-/m1/s1. The molecule has 7 heteroatoms. The predicted molar refractivity (Wildman–Crippen MR) is 76.7 cm³/mol. The van der Waals surface area contributed by atoms with Crippen molar-refractivity contribution in [1.29, 1.82) is 0 Å². The number of anilines is 1. The number of carbonyl (C=O) groups is 1. The smallest absolute Gasteiger partial charge is 0.231 e. The number of imidazole rings is 1. The van der Waals surface area contributed by atoms with Crippen molar-refractivity contribution in [1.82, 2.24) is 19.7 Å². The summed E-state index contributed by atoms with van der Waals surface area (Å²) in [5.41, 5.74) is 0.908. The SMILES string of the molecule is CCn1ccnc1[C@@H]1OCC[C@H]1C(=O)Nc1cc(C)[nH]n1. The van der Waals surface area contributed by atoms with Gasteiger partial charge in [-0.3, -0.25) is 9.89 Å². The average Bonchev–Trinajstić information content (AvgIpc) is 3.16. The van der Waals surface area contributed by atoms with E-state index in [0.717, 1.165) is 18.1 Å². The molecule has 0 aromatic carbocycles. The van der Waals surface area contributed by atoms with Gasteiger partial charge in [0.25, 0.3) is 0 Å². The minimum Gasteiger partial charge on any atom is -0.369 e. The largest absolute Gasteiger partial charge is 0.369 e. The molecule has 2 N–H and O–H groups in total. The lowest BCUT2D eigenvalue weighted by atomic mass is 10.00. The first-order valence-electron chi connectivity index (χ1n) is 7.14. The molecule has 0 spiro atoms. The van der Waals surface area contributed by atoms with Gasteiger partial charge in [0.05, 0.1) is 5.92 Å². The van der Waals surface area contributed by atoms with Crippen molar-refractivity contribution in [2.45, 2.75) is 32.9 Å². The summed E-state index contributed by atoms with van der Waals surface area (Å²) in [6.45, 7) is 5.31. The number of ether oxygens (including phenoxy) is 1. The van der Waals surface area contributed by atoms with Crippen LogP contribution in [0.1, 0.15) is 31.0 Å². The second kappa shape index (κ2) is 5.69. The van der Waals surface area contributed by atoms with Crippen molar-refractivity contribution in [2.75, 3.05) is 11.9 Å². The molecule has 1 saturated heterocycles. The van der Waals surface area contributed by atoms with E-state index >= 15 is 0 Å². The van der Waals surface area contributed by atoms with E-state index in [1.807, 2.05) is 24.6 Å². The number of carbonyl (C=O) groups excluding carboxylic acids is 1. The Morgan fingerprint density at radius 2 is 2.48 bits per heavy atom. The van der Waals surface area contributed by atoms with Crippen molar-refractivity contribution in [3.63, 3.8) is 0 Å². The molecule has 1 amide bonds. The summed E-state index contributed by atoms with van der Waals surface area (Å²) >= 11 is 0. The number of hydrogen-bond donors (Lipinski definition) is 2. The fraction of sp³-hybridized carbons (Fsp3) is 0.500. The van der Waals surface area contributed by atoms with Crippen molar-refractivity contribution < 1.29 is 9.53 Å². The zero-order chi connectivity index (χ0) is 14.8. The van der Waals surface area contributed by atoms with Crippen LogP contribution in [0.15, 0.2) is 18.5 Å². The monoisotopic (exact) mass is 289 g/mol. The Labute approximate surface area is 122 Å². The van der Waals surface area contributed by atoms with E-state index in [9.17, 15) is 4.79 Å². The number of hydrogen-bond acceptors (Lipinski definition) is 4. The zero-order valence-electron chi connectivity index (χ0n) is 12.2. The van der Waals surface area contributed by atoms with Gasteiger partial charge in [-0.1, -0.05) is 0 Å². The third-order valence-electron chi connectivity index (χ3n) is 3.73. The summed E-state index contributed by atoms with van der Waals surface area (Å²) in [4.78, 5) is 16.8. The first-order valence-corrected chi connectivity index (χ1v) is 7.14. The van der Waals surface area contributed by atoms with Gasteiger partial charge in [0.2, 0.25) is 5.91 Å². The number of aromatic nitrogens is 4. The zero-order valence-corrected chi connectivity index (χ0v) is 12.2. The third kappa shape index (κ3) is 2.69. The molecule has 3 heterocycles. The molecule has 7 nitrogen and oxygen atoms in total. The van der Waals surface area contributed by atoms with Crippen LogP contribution in [0.4, 0.5) is 5.82 Å². The van der Waals surface area contributed by atoms with Gasteiger partial charge >= 0.3 is 0 Å². The number of nitrogens with one attached hydrogen (secondary N) is 2. The molecule has 1 fully saturated rings. The Hall–Kier alpha value is -2.15. The van der Waals surface area contributed by atoms with Crippen molar-refractivity contribution in [3.8, 4) is 0 Å². The minimum atomic E-state index is -0.292. The highest BCUT2D eigenvalue weighted by Gasteiger charge is 2.37. The van der Waals surface area contributed by atoms with Crippen LogP contribution in [0.3, 0.4) is 0 Å². The van der Waals surface area contributed by atoms with Crippen LogP contribution >= 0.6 is 0 Å². The summed E-state index contributed by atoms with van der Waals surface area (Å²) < 4.78 is 7.75. The summed E-state index contributed by atoms with van der Waals surface area (Å²) in [6.07, 6.45) is 4.05. The summed E-state index contributed by atoms with van der Waals surface area (Å²) in [5.74, 6) is 1.04. The number of aromatic amines is 1. The maximum atomic E-state index is 12.4. The fourth-order valence-corrected chi connectivity index (χ4v) is 2.66. The molecule has 0 aliphatic carbocycles. The fourth-order valence-electron chi connectivity index (χ4n) is 2.66. The molecule has 2 atom stereocenters. The Balaban J connectivity index is 1.76. The molecule has 3 rings (SSSR count). The average molecular weight is 289 g/mol. The van der Waals surface area contributed by atoms with E-state index in [4.69, 9.17) is 4.74 Å². The van der Waals surface area contributed by atoms with E-state index in [1.54, 1.807) is 12.3 Å². The van der Waals surface area contributed by atoms with Gasteiger partial charge in [0, 0.05) is 37.3 Å². The molecule has 0 saturated carbocycles. The van der Waals surface area contributed by atoms with Gasteiger partial charge in [0.15, 0.2) is 5.82 Å². The molecule has 2 aromatic rings. The number of rotatable bonds is 4. The lowest BCUT2D eigenvalue weighted by Crippen LogP contribution is -2.27. The topological polar surface area (TPSA) is 84.8 Å². The molecule has 112 valence electrons. The van der Waals surface area contributed by atoms with Crippen molar-refractivity contribution in [3.05, 3.63) is 30.0 Å². The molecule has 2 aromatic heterocycles. The van der Waals surface area contributed by atoms with Gasteiger partial charge in [-0.05, 0) is 20.3 Å². The van der Waals surface area contributed by atoms with Crippen LogP contribution in [0.5, 0.6) is 0 Å². The van der Waals surface area contributed by atoms with Gasteiger partial charge in [0.1, 0.15) is 11.9 Å². The highest BCUT2D eigenvalue weighted by atomic mass is 16.5. The molecular weight excluding hydrogens is 270 g/mol. The third-order valence-corrected chi connectivity index (χ3v) is 3.73. The Bertz CT molecular complexity index is 633. The van der Waals surface area contributed by atoms with Crippen LogP contribution in [-0.4, -0.2) is 32.3 Å². The second-order valence-electron chi connectivity index (χ2n) is 5.18. The van der Waals surface area contributed by atoms with E-state index in [0.29, 0.717) is 18.8 Å². The number of H-pyrrole nitrogens is 1. The second-order valence-corrected chi connectivity index (χ2v) is 5.18. The van der Waals surface area contributed by atoms with Crippen LogP contribution in [-0.2, 0) is 16.1 Å². The quantitative estimate of drug-likeness (QED) is 0.896. The first-order chi connectivity index (χ1) is 10.2. The normalized spacial score (nSPS) is 21.6. The lowest BCUT2D eigenvalue weighted by molar-refractivity contribution is -0.121.